The van der Waals surface area contributed by atoms with Gasteiger partial charge in [0.05, 0.1) is 11.3 Å². The second-order valence-corrected chi connectivity index (χ2v) is 6.21. The van der Waals surface area contributed by atoms with E-state index in [0.717, 1.165) is 5.56 Å². The SMILES string of the molecule is CC(C)(C)OC(=O)Cc1ccc(Nc2ncccc2[N+](=O)[O-])cc1. The number of carbonyl (C=O) groups is 1. The number of ether oxygens (including phenoxy) is 1. The van der Waals surface area contributed by atoms with E-state index in [0.29, 0.717) is 5.69 Å². The predicted molar refractivity (Wildman–Crippen MR) is 90.2 cm³/mol. The number of carbonyl (C=O) groups excluding carboxylic acids is 1. The highest BCUT2D eigenvalue weighted by Gasteiger charge is 2.17. The zero-order chi connectivity index (χ0) is 17.7. The molecule has 0 spiro atoms. The summed E-state index contributed by atoms with van der Waals surface area (Å²) in [5.74, 6) is -0.133. The van der Waals surface area contributed by atoms with Gasteiger partial charge in [0.2, 0.25) is 5.82 Å². The largest absolute Gasteiger partial charge is 0.460 e. The molecule has 0 aliphatic rings. The fourth-order valence-electron chi connectivity index (χ4n) is 2.03. The monoisotopic (exact) mass is 329 g/mol. The highest BCUT2D eigenvalue weighted by molar-refractivity contribution is 5.73. The van der Waals surface area contributed by atoms with Crippen LogP contribution in [0.25, 0.3) is 0 Å². The number of rotatable bonds is 5. The van der Waals surface area contributed by atoms with Crippen LogP contribution in [0.15, 0.2) is 42.6 Å². The van der Waals surface area contributed by atoms with Crippen LogP contribution in [0.3, 0.4) is 0 Å². The summed E-state index contributed by atoms with van der Waals surface area (Å²) in [6.07, 6.45) is 1.65. The summed E-state index contributed by atoms with van der Waals surface area (Å²) < 4.78 is 5.27. The fraction of sp³-hybridized carbons (Fsp3) is 0.294. The zero-order valence-corrected chi connectivity index (χ0v) is 13.8. The number of hydrogen-bond acceptors (Lipinski definition) is 6. The molecule has 1 aromatic carbocycles. The van der Waals surface area contributed by atoms with Crippen molar-refractivity contribution in [1.82, 2.24) is 4.98 Å². The van der Waals surface area contributed by atoms with Gasteiger partial charge in [-0.3, -0.25) is 14.9 Å². The van der Waals surface area contributed by atoms with Crippen LogP contribution >= 0.6 is 0 Å². The number of benzene rings is 1. The van der Waals surface area contributed by atoms with Crippen LogP contribution in [0, 0.1) is 10.1 Å². The number of nitrogens with one attached hydrogen (secondary N) is 1. The van der Waals surface area contributed by atoms with Gasteiger partial charge in [-0.25, -0.2) is 4.98 Å². The second-order valence-electron chi connectivity index (χ2n) is 6.21. The molecule has 0 amide bonds. The van der Waals surface area contributed by atoms with Gasteiger partial charge >= 0.3 is 11.7 Å². The molecule has 0 unspecified atom stereocenters. The fourth-order valence-corrected chi connectivity index (χ4v) is 2.03. The molecule has 0 aliphatic heterocycles. The van der Waals surface area contributed by atoms with Crippen LogP contribution in [0.4, 0.5) is 17.2 Å². The van der Waals surface area contributed by atoms with Crippen LogP contribution in [-0.4, -0.2) is 21.5 Å². The Morgan fingerprint density at radius 3 is 2.50 bits per heavy atom. The summed E-state index contributed by atoms with van der Waals surface area (Å²) in [4.78, 5) is 26.3. The van der Waals surface area contributed by atoms with Crippen molar-refractivity contribution >= 4 is 23.2 Å². The molecule has 7 heteroatoms. The third kappa shape index (κ3) is 5.05. The average Bonchev–Trinajstić information content (AvgIpc) is 2.47. The number of esters is 1. The summed E-state index contributed by atoms with van der Waals surface area (Å²) in [5.41, 5.74) is 0.821. The van der Waals surface area contributed by atoms with E-state index in [4.69, 9.17) is 4.74 Å². The van der Waals surface area contributed by atoms with Gasteiger partial charge in [-0.05, 0) is 44.5 Å². The Morgan fingerprint density at radius 2 is 1.92 bits per heavy atom. The molecule has 126 valence electrons. The first-order chi connectivity index (χ1) is 11.2. The molecule has 0 bridgehead atoms. The van der Waals surface area contributed by atoms with E-state index in [-0.39, 0.29) is 23.9 Å². The van der Waals surface area contributed by atoms with Crippen molar-refractivity contribution in [3.63, 3.8) is 0 Å². The lowest BCUT2D eigenvalue weighted by molar-refractivity contribution is -0.384. The van der Waals surface area contributed by atoms with Crippen molar-refractivity contribution < 1.29 is 14.5 Å². The van der Waals surface area contributed by atoms with E-state index in [9.17, 15) is 14.9 Å². The van der Waals surface area contributed by atoms with Gasteiger partial charge < -0.3 is 10.1 Å². The predicted octanol–water partition coefficient (Wildman–Crippen LogP) is 3.62. The molecule has 7 nitrogen and oxygen atoms in total. The van der Waals surface area contributed by atoms with Crippen LogP contribution in [0.5, 0.6) is 0 Å². The first-order valence-corrected chi connectivity index (χ1v) is 7.42. The number of pyridine rings is 1. The maximum absolute atomic E-state index is 11.8. The van der Waals surface area contributed by atoms with Crippen molar-refractivity contribution in [2.75, 3.05) is 5.32 Å². The summed E-state index contributed by atoms with van der Waals surface area (Å²) in [5, 5.41) is 13.9. The van der Waals surface area contributed by atoms with E-state index in [2.05, 4.69) is 10.3 Å². The molecular weight excluding hydrogens is 310 g/mol. The Morgan fingerprint density at radius 1 is 1.25 bits per heavy atom. The van der Waals surface area contributed by atoms with Gasteiger partial charge in [-0.2, -0.15) is 0 Å². The van der Waals surface area contributed by atoms with E-state index >= 15 is 0 Å². The highest BCUT2D eigenvalue weighted by atomic mass is 16.6. The summed E-state index contributed by atoms with van der Waals surface area (Å²) >= 11 is 0. The molecular formula is C17H19N3O4. The molecule has 2 rings (SSSR count). The third-order valence-corrected chi connectivity index (χ3v) is 2.97. The van der Waals surface area contributed by atoms with E-state index in [1.807, 2.05) is 20.8 Å². The Labute approximate surface area is 139 Å². The van der Waals surface area contributed by atoms with Crippen molar-refractivity contribution in [3.8, 4) is 0 Å². The molecule has 0 saturated heterocycles. The second kappa shape index (κ2) is 7.08. The molecule has 1 heterocycles. The van der Waals surface area contributed by atoms with Crippen LogP contribution in [-0.2, 0) is 16.0 Å². The van der Waals surface area contributed by atoms with E-state index in [1.54, 1.807) is 24.3 Å². The maximum atomic E-state index is 11.8. The van der Waals surface area contributed by atoms with Gasteiger partial charge in [0, 0.05) is 18.0 Å². The zero-order valence-electron chi connectivity index (χ0n) is 13.8. The average molecular weight is 329 g/mol. The lowest BCUT2D eigenvalue weighted by Crippen LogP contribution is -2.24. The normalized spacial score (nSPS) is 11.0. The molecule has 0 atom stereocenters. The maximum Gasteiger partial charge on any atom is 0.311 e. The van der Waals surface area contributed by atoms with Crippen molar-refractivity contribution in [1.29, 1.82) is 0 Å². The number of nitro groups is 1. The van der Waals surface area contributed by atoms with Gasteiger partial charge in [0.15, 0.2) is 0 Å². The molecule has 24 heavy (non-hydrogen) atoms. The quantitative estimate of drug-likeness (QED) is 0.511. The summed E-state index contributed by atoms with van der Waals surface area (Å²) in [7, 11) is 0. The van der Waals surface area contributed by atoms with Gasteiger partial charge in [0.25, 0.3) is 0 Å². The van der Waals surface area contributed by atoms with Gasteiger partial charge in [0.1, 0.15) is 5.60 Å². The first-order valence-electron chi connectivity index (χ1n) is 7.42. The minimum Gasteiger partial charge on any atom is -0.460 e. The van der Waals surface area contributed by atoms with Crippen molar-refractivity contribution in [2.45, 2.75) is 32.8 Å². The van der Waals surface area contributed by atoms with Crippen LogP contribution < -0.4 is 5.32 Å². The molecule has 0 saturated carbocycles. The van der Waals surface area contributed by atoms with Gasteiger partial charge in [-0.15, -0.1) is 0 Å². The number of aromatic nitrogens is 1. The van der Waals surface area contributed by atoms with Crippen LogP contribution in [0.2, 0.25) is 0 Å². The van der Waals surface area contributed by atoms with E-state index < -0.39 is 10.5 Å². The Bertz CT molecular complexity index is 736. The standard InChI is InChI=1S/C17H19N3O4/c1-17(2,3)24-15(21)11-12-6-8-13(9-7-12)19-16-14(20(22)23)5-4-10-18-16/h4-10H,11H2,1-3H3,(H,18,19). The third-order valence-electron chi connectivity index (χ3n) is 2.97. The highest BCUT2D eigenvalue weighted by Crippen LogP contribution is 2.24. The molecule has 0 radical (unpaired) electrons. The van der Waals surface area contributed by atoms with Crippen molar-refractivity contribution in [2.24, 2.45) is 0 Å². The number of nitrogens with zero attached hydrogens (tertiary/aromatic N) is 2. The topological polar surface area (TPSA) is 94.4 Å². The van der Waals surface area contributed by atoms with E-state index in [1.165, 1.54) is 18.3 Å². The minimum absolute atomic E-state index is 0.102. The molecule has 0 aliphatic carbocycles. The minimum atomic E-state index is -0.517. The number of anilines is 2. The summed E-state index contributed by atoms with van der Waals surface area (Å²) in [6, 6.07) is 9.89. The molecule has 1 N–H and O–H groups in total. The Balaban J connectivity index is 2.05. The smallest absolute Gasteiger partial charge is 0.311 e. The molecule has 1 aromatic heterocycles. The van der Waals surface area contributed by atoms with Crippen LogP contribution in [0.1, 0.15) is 26.3 Å². The lowest BCUT2D eigenvalue weighted by atomic mass is 10.1. The number of hydrogen-bond donors (Lipinski definition) is 1. The van der Waals surface area contributed by atoms with Gasteiger partial charge in [-0.1, -0.05) is 12.1 Å². The first kappa shape index (κ1) is 17.4. The molecule has 0 fully saturated rings. The Hall–Kier alpha value is -2.96. The molecule has 2 aromatic rings. The summed E-state index contributed by atoms with van der Waals surface area (Å²) in [6.45, 7) is 5.45. The lowest BCUT2D eigenvalue weighted by Gasteiger charge is -2.19. The van der Waals surface area contributed by atoms with Crippen molar-refractivity contribution in [3.05, 3.63) is 58.3 Å². The Kier molecular flexibility index (Phi) is 5.13.